The van der Waals surface area contributed by atoms with Gasteiger partial charge in [0, 0.05) is 10.7 Å². The van der Waals surface area contributed by atoms with Crippen molar-refractivity contribution in [1.29, 1.82) is 0 Å². The van der Waals surface area contributed by atoms with E-state index in [0.29, 0.717) is 17.2 Å². The van der Waals surface area contributed by atoms with Crippen LogP contribution in [0, 0.1) is 6.92 Å². The first kappa shape index (κ1) is 20.1. The molecule has 0 saturated heterocycles. The Balaban J connectivity index is 2.39. The second-order valence-electron chi connectivity index (χ2n) is 5.74. The zero-order valence-electron chi connectivity index (χ0n) is 14.5. The van der Waals surface area contributed by atoms with E-state index in [9.17, 15) is 13.2 Å². The molecule has 0 aliphatic heterocycles. The van der Waals surface area contributed by atoms with Crippen molar-refractivity contribution in [1.82, 2.24) is 0 Å². The van der Waals surface area contributed by atoms with Crippen LogP contribution < -0.4 is 9.46 Å². The van der Waals surface area contributed by atoms with E-state index in [-0.39, 0.29) is 21.9 Å². The number of hydrogen-bond acceptors (Lipinski definition) is 4. The van der Waals surface area contributed by atoms with E-state index in [1.165, 1.54) is 30.3 Å². The molecular formula is C18H20ClNO5S. The summed E-state index contributed by atoms with van der Waals surface area (Å²) in [6.07, 6.45) is 1.70. The standard InChI is InChI=1S/C18H20ClNO5S/c1-3-4-8-25-16-9-12(2)15(19)11-17(16)26(23,24)20-14-7-5-6-13(10-14)18(21)22/h5-7,9-11,20H,3-4,8H2,1-2H3,(H,21,22). The summed E-state index contributed by atoms with van der Waals surface area (Å²) in [5.41, 5.74) is 0.817. The van der Waals surface area contributed by atoms with Gasteiger partial charge in [-0.2, -0.15) is 0 Å². The van der Waals surface area contributed by atoms with Crippen molar-refractivity contribution in [3.8, 4) is 5.75 Å². The number of rotatable bonds is 8. The van der Waals surface area contributed by atoms with Crippen molar-refractivity contribution >= 4 is 33.3 Å². The number of benzene rings is 2. The molecule has 0 unspecified atom stereocenters. The topological polar surface area (TPSA) is 92.7 Å². The van der Waals surface area contributed by atoms with Gasteiger partial charge in [0.2, 0.25) is 0 Å². The molecule has 0 aromatic heterocycles. The van der Waals surface area contributed by atoms with E-state index in [2.05, 4.69) is 4.72 Å². The lowest BCUT2D eigenvalue weighted by atomic mass is 10.2. The van der Waals surface area contributed by atoms with Crippen molar-refractivity contribution in [2.24, 2.45) is 0 Å². The SMILES string of the molecule is CCCCOc1cc(C)c(Cl)cc1S(=O)(=O)Nc1cccc(C(=O)O)c1. The normalized spacial score (nSPS) is 11.2. The molecule has 0 aliphatic rings. The first-order valence-electron chi connectivity index (χ1n) is 8.03. The van der Waals surface area contributed by atoms with Gasteiger partial charge in [0.05, 0.1) is 12.2 Å². The number of sulfonamides is 1. The third-order valence-corrected chi connectivity index (χ3v) is 5.44. The molecule has 2 aromatic carbocycles. The van der Waals surface area contributed by atoms with E-state index in [0.717, 1.165) is 12.8 Å². The lowest BCUT2D eigenvalue weighted by molar-refractivity contribution is 0.0697. The van der Waals surface area contributed by atoms with Gasteiger partial charge in [-0.1, -0.05) is 31.0 Å². The number of carbonyl (C=O) groups is 1. The number of aromatic carboxylic acids is 1. The maximum absolute atomic E-state index is 12.8. The molecular weight excluding hydrogens is 378 g/mol. The second-order valence-corrected chi connectivity index (χ2v) is 7.80. The summed E-state index contributed by atoms with van der Waals surface area (Å²) in [7, 11) is -4.02. The van der Waals surface area contributed by atoms with Crippen LogP contribution in [0.2, 0.25) is 5.02 Å². The summed E-state index contributed by atoms with van der Waals surface area (Å²) in [5, 5.41) is 9.34. The number of anilines is 1. The molecule has 0 heterocycles. The highest BCUT2D eigenvalue weighted by atomic mass is 35.5. The van der Waals surface area contributed by atoms with Gasteiger partial charge in [-0.05, 0) is 49.2 Å². The lowest BCUT2D eigenvalue weighted by Gasteiger charge is -2.15. The van der Waals surface area contributed by atoms with E-state index in [1.54, 1.807) is 13.0 Å². The van der Waals surface area contributed by atoms with E-state index >= 15 is 0 Å². The summed E-state index contributed by atoms with van der Waals surface area (Å²) in [6.45, 7) is 4.15. The summed E-state index contributed by atoms with van der Waals surface area (Å²) in [5.74, 6) is -0.935. The maximum atomic E-state index is 12.8. The van der Waals surface area contributed by atoms with E-state index in [4.69, 9.17) is 21.4 Å². The monoisotopic (exact) mass is 397 g/mol. The average molecular weight is 398 g/mol. The van der Waals surface area contributed by atoms with E-state index in [1.807, 2.05) is 6.92 Å². The Labute approximate surface area is 157 Å². The molecule has 8 heteroatoms. The molecule has 0 spiro atoms. The summed E-state index contributed by atoms with van der Waals surface area (Å²) in [6, 6.07) is 8.47. The van der Waals surface area contributed by atoms with Gasteiger partial charge in [0.15, 0.2) is 0 Å². The molecule has 0 atom stereocenters. The van der Waals surface area contributed by atoms with Crippen molar-refractivity contribution < 1.29 is 23.1 Å². The minimum absolute atomic E-state index is 0.0217. The number of ether oxygens (including phenoxy) is 1. The van der Waals surface area contributed by atoms with Gasteiger partial charge in [0.25, 0.3) is 10.0 Å². The highest BCUT2D eigenvalue weighted by molar-refractivity contribution is 7.92. The van der Waals surface area contributed by atoms with Crippen molar-refractivity contribution in [2.45, 2.75) is 31.6 Å². The molecule has 0 aliphatic carbocycles. The molecule has 0 radical (unpaired) electrons. The predicted octanol–water partition coefficient (Wildman–Crippen LogP) is 4.33. The fourth-order valence-electron chi connectivity index (χ4n) is 2.21. The van der Waals surface area contributed by atoms with Gasteiger partial charge in [-0.15, -0.1) is 0 Å². The van der Waals surface area contributed by atoms with Gasteiger partial charge < -0.3 is 9.84 Å². The number of nitrogens with one attached hydrogen (secondary N) is 1. The third kappa shape index (κ3) is 4.89. The first-order valence-corrected chi connectivity index (χ1v) is 9.90. The lowest BCUT2D eigenvalue weighted by Crippen LogP contribution is -2.15. The molecule has 0 bridgehead atoms. The highest BCUT2D eigenvalue weighted by Gasteiger charge is 2.22. The van der Waals surface area contributed by atoms with Crippen LogP contribution >= 0.6 is 11.6 Å². The minimum atomic E-state index is -4.02. The number of carboxylic acids is 1. The van der Waals surface area contributed by atoms with Crippen LogP contribution in [0.5, 0.6) is 5.75 Å². The summed E-state index contributed by atoms with van der Waals surface area (Å²) < 4.78 is 33.6. The van der Waals surface area contributed by atoms with Crippen LogP contribution in [-0.2, 0) is 10.0 Å². The van der Waals surface area contributed by atoms with Gasteiger partial charge in [-0.3, -0.25) is 4.72 Å². The number of unbranched alkanes of at least 4 members (excludes halogenated alkanes) is 1. The molecule has 0 amide bonds. The Morgan fingerprint density at radius 3 is 2.65 bits per heavy atom. The molecule has 2 aromatic rings. The first-order chi connectivity index (χ1) is 12.2. The van der Waals surface area contributed by atoms with Crippen LogP contribution in [0.1, 0.15) is 35.7 Å². The smallest absolute Gasteiger partial charge is 0.335 e. The van der Waals surface area contributed by atoms with Crippen LogP contribution in [-0.4, -0.2) is 26.1 Å². The van der Waals surface area contributed by atoms with Crippen LogP contribution in [0.25, 0.3) is 0 Å². The van der Waals surface area contributed by atoms with Gasteiger partial charge in [0.1, 0.15) is 10.6 Å². The van der Waals surface area contributed by atoms with Crippen molar-refractivity contribution in [3.05, 3.63) is 52.5 Å². The molecule has 140 valence electrons. The molecule has 2 rings (SSSR count). The Bertz CT molecular complexity index is 912. The number of carboxylic acid groups (broad SMARTS) is 1. The average Bonchev–Trinajstić information content (AvgIpc) is 2.57. The molecule has 2 N–H and O–H groups in total. The summed E-state index contributed by atoms with van der Waals surface area (Å²) >= 11 is 6.10. The molecule has 26 heavy (non-hydrogen) atoms. The zero-order valence-corrected chi connectivity index (χ0v) is 16.0. The predicted molar refractivity (Wildman–Crippen MR) is 101 cm³/mol. The molecule has 0 fully saturated rings. The van der Waals surface area contributed by atoms with Crippen LogP contribution in [0.3, 0.4) is 0 Å². The number of halogens is 1. The van der Waals surface area contributed by atoms with Crippen molar-refractivity contribution in [2.75, 3.05) is 11.3 Å². The molecule has 0 saturated carbocycles. The third-order valence-electron chi connectivity index (χ3n) is 3.63. The van der Waals surface area contributed by atoms with Gasteiger partial charge >= 0.3 is 5.97 Å². The van der Waals surface area contributed by atoms with Gasteiger partial charge in [-0.25, -0.2) is 13.2 Å². The largest absolute Gasteiger partial charge is 0.492 e. The van der Waals surface area contributed by atoms with E-state index < -0.39 is 16.0 Å². The maximum Gasteiger partial charge on any atom is 0.335 e. The Morgan fingerprint density at radius 2 is 2.00 bits per heavy atom. The number of hydrogen-bond donors (Lipinski definition) is 2. The van der Waals surface area contributed by atoms with Crippen molar-refractivity contribution in [3.63, 3.8) is 0 Å². The quantitative estimate of drug-likeness (QED) is 0.647. The minimum Gasteiger partial charge on any atom is -0.492 e. The fourth-order valence-corrected chi connectivity index (χ4v) is 3.64. The summed E-state index contributed by atoms with van der Waals surface area (Å²) in [4.78, 5) is 11.0. The molecule has 6 nitrogen and oxygen atoms in total. The zero-order chi connectivity index (χ0) is 19.3. The highest BCUT2D eigenvalue weighted by Crippen LogP contribution is 2.32. The Morgan fingerprint density at radius 1 is 1.27 bits per heavy atom. The second kappa shape index (κ2) is 8.42. The fraction of sp³-hybridized carbons (Fsp3) is 0.278. The Kier molecular flexibility index (Phi) is 6.50. The Hall–Kier alpha value is -2.25. The number of aryl methyl sites for hydroxylation is 1. The van der Waals surface area contributed by atoms with Crippen LogP contribution in [0.15, 0.2) is 41.3 Å². The van der Waals surface area contributed by atoms with Crippen LogP contribution in [0.4, 0.5) is 5.69 Å².